The highest BCUT2D eigenvalue weighted by atomic mass is 127. The normalized spacial score (nSPS) is 10.4. The molecule has 1 heterocycles. The summed E-state index contributed by atoms with van der Waals surface area (Å²) in [6, 6.07) is 8.14. The van der Waals surface area contributed by atoms with E-state index in [2.05, 4.69) is 56.3 Å². The van der Waals surface area contributed by atoms with Gasteiger partial charge in [0.1, 0.15) is 17.5 Å². The lowest BCUT2D eigenvalue weighted by molar-refractivity contribution is 0.833. The Morgan fingerprint density at radius 1 is 1.25 bits per heavy atom. The molecule has 0 fully saturated rings. The average Bonchev–Trinajstić information content (AvgIpc) is 2.42. The van der Waals surface area contributed by atoms with Crippen LogP contribution >= 0.6 is 22.6 Å². The van der Waals surface area contributed by atoms with Gasteiger partial charge in [-0.25, -0.2) is 15.8 Å². The van der Waals surface area contributed by atoms with Gasteiger partial charge in [-0.3, -0.25) is 0 Å². The highest BCUT2D eigenvalue weighted by Crippen LogP contribution is 2.24. The minimum absolute atomic E-state index is 0.663. The second-order valence-corrected chi connectivity index (χ2v) is 5.74. The number of nitrogens with two attached hydrogens (primary N) is 1. The highest BCUT2D eigenvalue weighted by molar-refractivity contribution is 14.1. The number of halogens is 1. The predicted molar refractivity (Wildman–Crippen MR) is 91.0 cm³/mol. The molecule has 0 spiro atoms. The summed E-state index contributed by atoms with van der Waals surface area (Å²) >= 11 is 2.29. The summed E-state index contributed by atoms with van der Waals surface area (Å²) in [6.07, 6.45) is 1.83. The summed E-state index contributed by atoms with van der Waals surface area (Å²) in [5, 5.41) is 3.34. The van der Waals surface area contributed by atoms with Gasteiger partial charge in [0.25, 0.3) is 0 Å². The van der Waals surface area contributed by atoms with Gasteiger partial charge in [-0.2, -0.15) is 0 Å². The Morgan fingerprint density at radius 3 is 2.65 bits per heavy atom. The van der Waals surface area contributed by atoms with Crippen molar-refractivity contribution in [1.29, 1.82) is 0 Å². The Kier molecular flexibility index (Phi) is 5.13. The Hall–Kier alpha value is -1.41. The van der Waals surface area contributed by atoms with Crippen molar-refractivity contribution < 1.29 is 0 Å². The number of aromatic nitrogens is 2. The average molecular weight is 383 g/mol. The summed E-state index contributed by atoms with van der Waals surface area (Å²) in [5.74, 6) is 7.78. The zero-order chi connectivity index (χ0) is 14.5. The number of rotatable bonds is 5. The molecule has 0 aliphatic rings. The molecule has 0 unspecified atom stereocenters. The molecule has 1 aromatic carbocycles. The largest absolute Gasteiger partial charge is 0.340 e. The van der Waals surface area contributed by atoms with E-state index >= 15 is 0 Å². The number of hydrazine groups is 1. The highest BCUT2D eigenvalue weighted by Gasteiger charge is 2.10. The molecule has 0 bridgehead atoms. The molecule has 0 atom stereocenters. The first-order valence-electron chi connectivity index (χ1n) is 6.50. The second-order valence-electron chi connectivity index (χ2n) is 4.49. The smallest absolute Gasteiger partial charge is 0.148 e. The van der Waals surface area contributed by atoms with Crippen molar-refractivity contribution in [2.24, 2.45) is 5.84 Å². The molecular weight excluding hydrogens is 365 g/mol. The number of aryl methyl sites for hydroxylation is 1. The first-order valence-corrected chi connectivity index (χ1v) is 7.58. The number of benzene rings is 1. The van der Waals surface area contributed by atoms with Crippen LogP contribution in [0.1, 0.15) is 24.7 Å². The number of nitrogens with zero attached hydrogens (tertiary/aromatic N) is 2. The van der Waals surface area contributed by atoms with Gasteiger partial charge < -0.3 is 10.7 Å². The molecule has 2 rings (SSSR count). The Balaban J connectivity index is 2.36. The van der Waals surface area contributed by atoms with E-state index in [9.17, 15) is 0 Å². The molecule has 106 valence electrons. The van der Waals surface area contributed by atoms with Gasteiger partial charge in [-0.05, 0) is 54.1 Å². The van der Waals surface area contributed by atoms with Gasteiger partial charge in [-0.1, -0.05) is 13.0 Å². The topological polar surface area (TPSA) is 75.9 Å². The van der Waals surface area contributed by atoms with Crippen molar-refractivity contribution in [3.63, 3.8) is 0 Å². The van der Waals surface area contributed by atoms with E-state index in [0.717, 1.165) is 35.7 Å². The summed E-state index contributed by atoms with van der Waals surface area (Å²) in [5.41, 5.74) is 4.55. The van der Waals surface area contributed by atoms with Crippen LogP contribution < -0.4 is 16.6 Å². The van der Waals surface area contributed by atoms with Crippen LogP contribution in [0.5, 0.6) is 0 Å². The molecule has 20 heavy (non-hydrogen) atoms. The van der Waals surface area contributed by atoms with Crippen molar-refractivity contribution in [2.45, 2.75) is 26.7 Å². The van der Waals surface area contributed by atoms with Crippen LogP contribution in [0.25, 0.3) is 0 Å². The third-order valence-electron chi connectivity index (χ3n) is 2.89. The standard InChI is InChI=1S/C14H18IN5/c1-3-5-12-18-13(9(2)14(19-12)20-16)17-11-7-4-6-10(15)8-11/h4,6-8H,3,5,16H2,1-2H3,(H2,17,18,19,20). The molecule has 0 amide bonds. The fourth-order valence-corrected chi connectivity index (χ4v) is 2.41. The number of hydrogen-bond acceptors (Lipinski definition) is 5. The van der Waals surface area contributed by atoms with E-state index in [-0.39, 0.29) is 0 Å². The molecule has 0 aliphatic heterocycles. The molecule has 0 aliphatic carbocycles. The third kappa shape index (κ3) is 3.57. The number of hydrogen-bond donors (Lipinski definition) is 3. The van der Waals surface area contributed by atoms with Crippen LogP contribution in [0.4, 0.5) is 17.3 Å². The fraction of sp³-hybridized carbons (Fsp3) is 0.286. The summed E-state index contributed by atoms with van der Waals surface area (Å²) in [4.78, 5) is 8.99. The van der Waals surface area contributed by atoms with Crippen LogP contribution in [0.2, 0.25) is 0 Å². The SMILES string of the molecule is CCCc1nc(NN)c(C)c(Nc2cccc(I)c2)n1. The van der Waals surface area contributed by atoms with E-state index in [1.54, 1.807) is 0 Å². The van der Waals surface area contributed by atoms with E-state index in [1.807, 2.05) is 25.1 Å². The van der Waals surface area contributed by atoms with Crippen molar-refractivity contribution in [3.05, 3.63) is 39.2 Å². The van der Waals surface area contributed by atoms with Crippen LogP contribution in [0, 0.1) is 10.5 Å². The van der Waals surface area contributed by atoms with Gasteiger partial charge in [0.05, 0.1) is 0 Å². The van der Waals surface area contributed by atoms with Gasteiger partial charge >= 0.3 is 0 Å². The van der Waals surface area contributed by atoms with E-state index < -0.39 is 0 Å². The maximum absolute atomic E-state index is 5.53. The molecule has 1 aromatic heterocycles. The first-order chi connectivity index (χ1) is 9.63. The molecule has 0 saturated carbocycles. The summed E-state index contributed by atoms with van der Waals surface area (Å²) in [7, 11) is 0. The first kappa shape index (κ1) is 15.0. The zero-order valence-corrected chi connectivity index (χ0v) is 13.7. The number of nitrogen functional groups attached to an aromatic ring is 1. The Morgan fingerprint density at radius 2 is 2.00 bits per heavy atom. The monoisotopic (exact) mass is 383 g/mol. The molecular formula is C14H18IN5. The lowest BCUT2D eigenvalue weighted by Crippen LogP contribution is -2.14. The Labute approximate surface area is 132 Å². The number of nitrogens with one attached hydrogen (secondary N) is 2. The van der Waals surface area contributed by atoms with Crippen molar-refractivity contribution in [3.8, 4) is 0 Å². The summed E-state index contributed by atoms with van der Waals surface area (Å²) < 4.78 is 1.17. The maximum atomic E-state index is 5.53. The van der Waals surface area contributed by atoms with Gasteiger partial charge in [-0.15, -0.1) is 0 Å². The lowest BCUT2D eigenvalue weighted by Gasteiger charge is -2.13. The molecule has 0 radical (unpaired) electrons. The van der Waals surface area contributed by atoms with Crippen LogP contribution in [0.15, 0.2) is 24.3 Å². The summed E-state index contributed by atoms with van der Waals surface area (Å²) in [6.45, 7) is 4.05. The van der Waals surface area contributed by atoms with E-state index in [1.165, 1.54) is 3.57 Å². The minimum Gasteiger partial charge on any atom is -0.340 e. The van der Waals surface area contributed by atoms with Gasteiger partial charge in [0.2, 0.25) is 0 Å². The van der Waals surface area contributed by atoms with Crippen molar-refractivity contribution in [2.75, 3.05) is 10.7 Å². The quantitative estimate of drug-likeness (QED) is 0.419. The van der Waals surface area contributed by atoms with Gasteiger partial charge in [0, 0.05) is 21.2 Å². The van der Waals surface area contributed by atoms with Crippen molar-refractivity contribution >= 4 is 39.9 Å². The molecule has 2 aromatic rings. The predicted octanol–water partition coefficient (Wildman–Crippen LogP) is 3.37. The van der Waals surface area contributed by atoms with Crippen LogP contribution in [0.3, 0.4) is 0 Å². The number of anilines is 3. The molecule has 5 nitrogen and oxygen atoms in total. The molecule has 6 heteroatoms. The Bertz CT molecular complexity index is 600. The van der Waals surface area contributed by atoms with Crippen LogP contribution in [-0.2, 0) is 6.42 Å². The third-order valence-corrected chi connectivity index (χ3v) is 3.56. The fourth-order valence-electron chi connectivity index (χ4n) is 1.86. The zero-order valence-electron chi connectivity index (χ0n) is 11.6. The van der Waals surface area contributed by atoms with Gasteiger partial charge in [0.15, 0.2) is 0 Å². The molecule has 4 N–H and O–H groups in total. The van der Waals surface area contributed by atoms with Crippen LogP contribution in [-0.4, -0.2) is 9.97 Å². The minimum atomic E-state index is 0.663. The van der Waals surface area contributed by atoms with Crippen molar-refractivity contribution in [1.82, 2.24) is 9.97 Å². The lowest BCUT2D eigenvalue weighted by atomic mass is 10.2. The van der Waals surface area contributed by atoms with E-state index in [0.29, 0.717) is 5.82 Å². The second kappa shape index (κ2) is 6.85. The maximum Gasteiger partial charge on any atom is 0.148 e. The molecule has 0 saturated heterocycles. The van der Waals surface area contributed by atoms with E-state index in [4.69, 9.17) is 5.84 Å².